The first-order chi connectivity index (χ1) is 13.3. The van der Waals surface area contributed by atoms with E-state index in [0.29, 0.717) is 44.3 Å². The number of carbonyl (C=O) groups is 1. The molecule has 1 aromatic heterocycles. The number of halogens is 2. The van der Waals surface area contributed by atoms with Gasteiger partial charge in [0.1, 0.15) is 10.7 Å². The summed E-state index contributed by atoms with van der Waals surface area (Å²) < 4.78 is 32.0. The molecular formula is C17H20Cl2N4O4S. The average Bonchev–Trinajstić information content (AvgIpc) is 3.04. The normalized spacial score (nSPS) is 16.2. The van der Waals surface area contributed by atoms with Crippen LogP contribution in [-0.2, 0) is 14.8 Å². The van der Waals surface area contributed by atoms with E-state index in [1.165, 1.54) is 16.4 Å². The van der Waals surface area contributed by atoms with Crippen molar-refractivity contribution < 1.29 is 17.7 Å². The van der Waals surface area contributed by atoms with E-state index >= 15 is 0 Å². The Bertz CT molecular complexity index is 936. The summed E-state index contributed by atoms with van der Waals surface area (Å²) in [6.45, 7) is 3.88. The molecule has 8 nitrogen and oxygen atoms in total. The molecule has 0 radical (unpaired) electrons. The smallest absolute Gasteiger partial charge is 0.246 e. The van der Waals surface area contributed by atoms with Gasteiger partial charge in [0.2, 0.25) is 15.9 Å². The summed E-state index contributed by atoms with van der Waals surface area (Å²) in [5.41, 5.74) is 0. The number of hydrogen-bond donors (Lipinski definition) is 1. The molecule has 1 aliphatic heterocycles. The Morgan fingerprint density at radius 2 is 1.86 bits per heavy atom. The van der Waals surface area contributed by atoms with Gasteiger partial charge in [-0.1, -0.05) is 34.4 Å². The Morgan fingerprint density at radius 3 is 2.43 bits per heavy atom. The Balaban J connectivity index is 1.52. The van der Waals surface area contributed by atoms with Gasteiger partial charge in [-0.2, -0.15) is 4.31 Å². The number of piperazine rings is 1. The zero-order valence-corrected chi connectivity index (χ0v) is 17.5. The van der Waals surface area contributed by atoms with Crippen molar-refractivity contribution in [3.05, 3.63) is 40.1 Å². The van der Waals surface area contributed by atoms with E-state index in [0.717, 1.165) is 0 Å². The Labute approximate surface area is 173 Å². The van der Waals surface area contributed by atoms with E-state index < -0.39 is 10.0 Å². The van der Waals surface area contributed by atoms with Crippen LogP contribution in [0.25, 0.3) is 0 Å². The lowest BCUT2D eigenvalue weighted by Gasteiger charge is -2.34. The van der Waals surface area contributed by atoms with Gasteiger partial charge in [-0.3, -0.25) is 4.79 Å². The SMILES string of the molecule is Cc1cc(NC(=O)CCN2CCN(S(=O)(=O)c3c(Cl)cccc3Cl)CC2)no1. The number of nitrogens with one attached hydrogen (secondary N) is 1. The highest BCUT2D eigenvalue weighted by Crippen LogP contribution is 2.31. The molecule has 1 N–H and O–H groups in total. The summed E-state index contributed by atoms with van der Waals surface area (Å²) in [5, 5.41) is 6.59. The number of sulfonamides is 1. The van der Waals surface area contributed by atoms with Crippen LogP contribution in [0, 0.1) is 6.92 Å². The number of carbonyl (C=O) groups excluding carboxylic acids is 1. The van der Waals surface area contributed by atoms with Crippen molar-refractivity contribution in [1.29, 1.82) is 0 Å². The van der Waals surface area contributed by atoms with Crippen LogP contribution in [-0.4, -0.2) is 61.4 Å². The Kier molecular flexibility index (Phi) is 6.61. The number of aryl methyl sites for hydroxylation is 1. The van der Waals surface area contributed by atoms with Crippen LogP contribution in [0.2, 0.25) is 10.0 Å². The van der Waals surface area contributed by atoms with Gasteiger partial charge in [-0.15, -0.1) is 0 Å². The van der Waals surface area contributed by atoms with Crippen molar-refractivity contribution in [2.24, 2.45) is 0 Å². The number of benzene rings is 1. The number of nitrogens with zero attached hydrogens (tertiary/aromatic N) is 3. The molecule has 11 heteroatoms. The van der Waals surface area contributed by atoms with Crippen molar-refractivity contribution in [3.8, 4) is 0 Å². The van der Waals surface area contributed by atoms with Gasteiger partial charge in [-0.05, 0) is 19.1 Å². The largest absolute Gasteiger partial charge is 0.360 e. The van der Waals surface area contributed by atoms with Gasteiger partial charge in [0.25, 0.3) is 0 Å². The van der Waals surface area contributed by atoms with E-state index in [9.17, 15) is 13.2 Å². The molecule has 2 aromatic rings. The predicted molar refractivity (Wildman–Crippen MR) is 106 cm³/mol. The first kappa shape index (κ1) is 21.1. The molecule has 0 bridgehead atoms. The molecule has 0 spiro atoms. The van der Waals surface area contributed by atoms with Gasteiger partial charge in [0, 0.05) is 45.2 Å². The van der Waals surface area contributed by atoms with Crippen molar-refractivity contribution in [2.45, 2.75) is 18.2 Å². The fraction of sp³-hybridized carbons (Fsp3) is 0.412. The van der Waals surface area contributed by atoms with Crippen LogP contribution < -0.4 is 5.32 Å². The summed E-state index contributed by atoms with van der Waals surface area (Å²) in [7, 11) is -3.77. The first-order valence-corrected chi connectivity index (χ1v) is 10.9. The fourth-order valence-electron chi connectivity index (χ4n) is 2.94. The molecule has 0 atom stereocenters. The lowest BCUT2D eigenvalue weighted by Crippen LogP contribution is -2.49. The third kappa shape index (κ3) is 4.84. The molecule has 152 valence electrons. The molecule has 2 heterocycles. The lowest BCUT2D eigenvalue weighted by molar-refractivity contribution is -0.116. The van der Waals surface area contributed by atoms with Gasteiger partial charge in [0.15, 0.2) is 5.82 Å². The first-order valence-electron chi connectivity index (χ1n) is 8.67. The summed E-state index contributed by atoms with van der Waals surface area (Å²) in [6, 6.07) is 6.26. The van der Waals surface area contributed by atoms with Crippen molar-refractivity contribution in [3.63, 3.8) is 0 Å². The van der Waals surface area contributed by atoms with Crippen LogP contribution in [0.4, 0.5) is 5.82 Å². The third-order valence-electron chi connectivity index (χ3n) is 4.40. The Morgan fingerprint density at radius 1 is 1.21 bits per heavy atom. The molecule has 3 rings (SSSR count). The Hall–Kier alpha value is -1.65. The summed E-state index contributed by atoms with van der Waals surface area (Å²) in [5.74, 6) is 0.826. The molecule has 1 amide bonds. The number of hydrogen-bond acceptors (Lipinski definition) is 6. The predicted octanol–water partition coefficient (Wildman–Crippen LogP) is 2.62. The van der Waals surface area contributed by atoms with Crippen molar-refractivity contribution >= 4 is 45.0 Å². The molecule has 1 fully saturated rings. The van der Waals surface area contributed by atoms with Crippen LogP contribution in [0.15, 0.2) is 33.7 Å². The molecule has 1 aliphatic rings. The quantitative estimate of drug-likeness (QED) is 0.732. The van der Waals surface area contributed by atoms with E-state index in [4.69, 9.17) is 27.7 Å². The molecule has 0 unspecified atom stereocenters. The van der Waals surface area contributed by atoms with E-state index in [2.05, 4.69) is 10.5 Å². The molecular weight excluding hydrogens is 427 g/mol. The highest BCUT2D eigenvalue weighted by Gasteiger charge is 2.31. The van der Waals surface area contributed by atoms with E-state index in [-0.39, 0.29) is 27.3 Å². The summed E-state index contributed by atoms with van der Waals surface area (Å²) >= 11 is 12.1. The maximum absolute atomic E-state index is 12.9. The topological polar surface area (TPSA) is 95.8 Å². The fourth-order valence-corrected chi connectivity index (χ4v) is 5.46. The van der Waals surface area contributed by atoms with Crippen molar-refractivity contribution in [1.82, 2.24) is 14.4 Å². The minimum Gasteiger partial charge on any atom is -0.360 e. The van der Waals surface area contributed by atoms with Crippen LogP contribution >= 0.6 is 23.2 Å². The van der Waals surface area contributed by atoms with E-state index in [1.54, 1.807) is 19.1 Å². The van der Waals surface area contributed by atoms with Gasteiger partial charge in [-0.25, -0.2) is 8.42 Å². The summed E-state index contributed by atoms with van der Waals surface area (Å²) in [4.78, 5) is 14.0. The number of aromatic nitrogens is 1. The second kappa shape index (κ2) is 8.79. The summed E-state index contributed by atoms with van der Waals surface area (Å²) in [6.07, 6.45) is 0.273. The standard InChI is InChI=1S/C17H20Cl2N4O4S/c1-12-11-15(21-27-12)20-16(24)5-6-22-7-9-23(10-8-22)28(25,26)17-13(18)3-2-4-14(17)19/h2-4,11H,5-10H2,1H3,(H,20,21,24). The molecule has 0 saturated carbocycles. The third-order valence-corrected chi connectivity index (χ3v) is 7.25. The highest BCUT2D eigenvalue weighted by atomic mass is 35.5. The molecule has 0 aliphatic carbocycles. The van der Waals surface area contributed by atoms with Gasteiger partial charge < -0.3 is 14.7 Å². The minimum absolute atomic E-state index is 0.0610. The van der Waals surface area contributed by atoms with Gasteiger partial charge >= 0.3 is 0 Å². The molecule has 28 heavy (non-hydrogen) atoms. The van der Waals surface area contributed by atoms with Crippen LogP contribution in [0.3, 0.4) is 0 Å². The maximum atomic E-state index is 12.9. The molecule has 1 saturated heterocycles. The second-order valence-corrected chi connectivity index (χ2v) is 9.11. The number of anilines is 1. The second-order valence-electron chi connectivity index (χ2n) is 6.42. The van der Waals surface area contributed by atoms with E-state index in [1.807, 2.05) is 4.90 Å². The van der Waals surface area contributed by atoms with Crippen LogP contribution in [0.5, 0.6) is 0 Å². The zero-order chi connectivity index (χ0) is 20.3. The zero-order valence-electron chi connectivity index (χ0n) is 15.2. The average molecular weight is 447 g/mol. The van der Waals surface area contributed by atoms with Crippen LogP contribution in [0.1, 0.15) is 12.2 Å². The molecule has 1 aromatic carbocycles. The highest BCUT2D eigenvalue weighted by molar-refractivity contribution is 7.89. The lowest BCUT2D eigenvalue weighted by atomic mass is 10.3. The minimum atomic E-state index is -3.77. The maximum Gasteiger partial charge on any atom is 0.246 e. The van der Waals surface area contributed by atoms with Crippen molar-refractivity contribution in [2.75, 3.05) is 38.0 Å². The number of amides is 1. The van der Waals surface area contributed by atoms with Gasteiger partial charge in [0.05, 0.1) is 10.0 Å². The number of rotatable bonds is 6. The monoisotopic (exact) mass is 446 g/mol.